The van der Waals surface area contributed by atoms with E-state index in [9.17, 15) is 4.79 Å². The maximum absolute atomic E-state index is 11.7. The molecular weight excluding hydrogens is 275 g/mol. The van der Waals surface area contributed by atoms with Crippen molar-refractivity contribution in [2.45, 2.75) is 31.7 Å². The highest BCUT2D eigenvalue weighted by molar-refractivity contribution is 5.85. The molecule has 0 unspecified atom stereocenters. The van der Waals surface area contributed by atoms with Gasteiger partial charge in [-0.2, -0.15) is 0 Å². The zero-order valence-electron chi connectivity index (χ0n) is 10.1. The van der Waals surface area contributed by atoms with Crippen LogP contribution in [0.15, 0.2) is 12.4 Å². The number of piperidine rings is 1. The van der Waals surface area contributed by atoms with E-state index in [0.717, 1.165) is 31.6 Å². The monoisotopic (exact) mass is 294 g/mol. The average Bonchev–Trinajstić information content (AvgIpc) is 2.83. The second-order valence-corrected chi connectivity index (χ2v) is 4.08. The highest BCUT2D eigenvalue weighted by Crippen LogP contribution is 2.06. The summed E-state index contributed by atoms with van der Waals surface area (Å²) < 4.78 is 0. The molecule has 2 heterocycles. The topological polar surface area (TPSA) is 69.8 Å². The molecule has 0 bridgehead atoms. The van der Waals surface area contributed by atoms with Crippen LogP contribution in [0.2, 0.25) is 0 Å². The van der Waals surface area contributed by atoms with Crippen LogP contribution in [0.5, 0.6) is 0 Å². The van der Waals surface area contributed by atoms with E-state index in [4.69, 9.17) is 0 Å². The molecule has 104 valence electrons. The zero-order chi connectivity index (χ0) is 11.2. The van der Waals surface area contributed by atoms with E-state index in [1.807, 2.05) is 0 Å². The fraction of sp³-hybridized carbons (Fsp3) is 0.636. The van der Waals surface area contributed by atoms with E-state index in [0.29, 0.717) is 6.54 Å². The number of aromatic nitrogens is 2. The smallest absolute Gasteiger partial charge is 0.237 e. The van der Waals surface area contributed by atoms with Crippen LogP contribution in [-0.4, -0.2) is 35.0 Å². The predicted molar refractivity (Wildman–Crippen MR) is 75.4 cm³/mol. The van der Waals surface area contributed by atoms with Gasteiger partial charge in [-0.15, -0.1) is 24.8 Å². The van der Waals surface area contributed by atoms with Crippen molar-refractivity contribution in [2.24, 2.45) is 0 Å². The molecule has 0 saturated carbocycles. The normalized spacial score (nSPS) is 18.3. The van der Waals surface area contributed by atoms with Crippen LogP contribution in [0.4, 0.5) is 0 Å². The highest BCUT2D eigenvalue weighted by Gasteiger charge is 2.19. The fourth-order valence-electron chi connectivity index (χ4n) is 1.94. The number of amides is 1. The molecular formula is C11H20Cl2N4O. The maximum Gasteiger partial charge on any atom is 0.237 e. The third-order valence-electron chi connectivity index (χ3n) is 2.84. The predicted octanol–water partition coefficient (Wildman–Crippen LogP) is 1.05. The number of carbonyl (C=O) groups is 1. The molecule has 2 rings (SSSR count). The van der Waals surface area contributed by atoms with Crippen LogP contribution in [0.25, 0.3) is 0 Å². The summed E-state index contributed by atoms with van der Waals surface area (Å²) in [7, 11) is 0. The molecule has 5 nitrogen and oxygen atoms in total. The number of hydrogen-bond donors (Lipinski definition) is 3. The fourth-order valence-corrected chi connectivity index (χ4v) is 1.94. The Labute approximate surface area is 119 Å². The Morgan fingerprint density at radius 1 is 1.44 bits per heavy atom. The molecule has 7 heteroatoms. The van der Waals surface area contributed by atoms with E-state index in [2.05, 4.69) is 20.6 Å². The quantitative estimate of drug-likeness (QED) is 0.778. The van der Waals surface area contributed by atoms with Gasteiger partial charge in [0.2, 0.25) is 5.91 Å². The molecule has 0 spiro atoms. The van der Waals surface area contributed by atoms with Gasteiger partial charge in [0.25, 0.3) is 0 Å². The Morgan fingerprint density at radius 3 is 2.89 bits per heavy atom. The Hall–Kier alpha value is -0.780. The van der Waals surface area contributed by atoms with Crippen molar-refractivity contribution in [2.75, 3.05) is 13.1 Å². The van der Waals surface area contributed by atoms with E-state index < -0.39 is 0 Å². The largest absolute Gasteiger partial charge is 0.354 e. The number of rotatable bonds is 4. The van der Waals surface area contributed by atoms with Gasteiger partial charge >= 0.3 is 0 Å². The number of imidazole rings is 1. The molecule has 18 heavy (non-hydrogen) atoms. The molecule has 1 saturated heterocycles. The number of halogens is 2. The minimum absolute atomic E-state index is 0. The Balaban J connectivity index is 0.00000144. The third kappa shape index (κ3) is 5.25. The van der Waals surface area contributed by atoms with Crippen LogP contribution in [0.1, 0.15) is 25.1 Å². The lowest BCUT2D eigenvalue weighted by Gasteiger charge is -2.22. The molecule has 1 aromatic heterocycles. The Morgan fingerprint density at radius 2 is 2.28 bits per heavy atom. The van der Waals surface area contributed by atoms with E-state index in [1.54, 1.807) is 12.4 Å². The average molecular weight is 295 g/mol. The second kappa shape index (κ2) is 9.19. The van der Waals surface area contributed by atoms with E-state index in [1.165, 1.54) is 6.42 Å². The lowest BCUT2D eigenvalue weighted by molar-refractivity contribution is -0.123. The van der Waals surface area contributed by atoms with Crippen molar-refractivity contribution < 1.29 is 4.79 Å². The Bertz CT molecular complexity index is 326. The van der Waals surface area contributed by atoms with Gasteiger partial charge in [0.15, 0.2) is 0 Å². The number of hydrogen-bond acceptors (Lipinski definition) is 3. The van der Waals surface area contributed by atoms with E-state index >= 15 is 0 Å². The SMILES string of the molecule is Cl.Cl.O=C(NCCc1ncc[nH]1)[C@@H]1CCCCN1. The molecule has 1 atom stereocenters. The molecule has 3 N–H and O–H groups in total. The summed E-state index contributed by atoms with van der Waals surface area (Å²) in [6.07, 6.45) is 7.54. The molecule has 1 amide bonds. The van der Waals surface area contributed by atoms with Gasteiger partial charge in [-0.05, 0) is 19.4 Å². The lowest BCUT2D eigenvalue weighted by Crippen LogP contribution is -2.47. The molecule has 1 aliphatic heterocycles. The number of aromatic amines is 1. The van der Waals surface area contributed by atoms with Gasteiger partial charge in [-0.3, -0.25) is 4.79 Å². The first-order valence-electron chi connectivity index (χ1n) is 5.85. The molecule has 1 aromatic rings. The van der Waals surface area contributed by atoms with Crippen LogP contribution in [0, 0.1) is 0 Å². The number of nitrogens with one attached hydrogen (secondary N) is 3. The minimum atomic E-state index is 0. The van der Waals surface area contributed by atoms with Crippen LogP contribution in [0.3, 0.4) is 0 Å². The van der Waals surface area contributed by atoms with Gasteiger partial charge in [-0.1, -0.05) is 6.42 Å². The van der Waals surface area contributed by atoms with Gasteiger partial charge in [0.05, 0.1) is 6.04 Å². The molecule has 1 aliphatic rings. The summed E-state index contributed by atoms with van der Waals surface area (Å²) in [5, 5.41) is 6.16. The van der Waals surface area contributed by atoms with Crippen LogP contribution in [-0.2, 0) is 11.2 Å². The summed E-state index contributed by atoms with van der Waals surface area (Å²) in [5.74, 6) is 1.03. The molecule has 1 fully saturated rings. The second-order valence-electron chi connectivity index (χ2n) is 4.08. The third-order valence-corrected chi connectivity index (χ3v) is 2.84. The summed E-state index contributed by atoms with van der Waals surface area (Å²) in [6, 6.07) is 0.00495. The lowest BCUT2D eigenvalue weighted by atomic mass is 10.0. The van der Waals surface area contributed by atoms with Crippen molar-refractivity contribution in [3.63, 3.8) is 0 Å². The van der Waals surface area contributed by atoms with Crippen molar-refractivity contribution in [3.05, 3.63) is 18.2 Å². The zero-order valence-corrected chi connectivity index (χ0v) is 11.8. The van der Waals surface area contributed by atoms with Gasteiger partial charge in [0, 0.05) is 25.4 Å². The van der Waals surface area contributed by atoms with Crippen LogP contribution >= 0.6 is 24.8 Å². The van der Waals surface area contributed by atoms with Crippen molar-refractivity contribution >= 4 is 30.7 Å². The van der Waals surface area contributed by atoms with Crippen molar-refractivity contribution in [3.8, 4) is 0 Å². The minimum Gasteiger partial charge on any atom is -0.354 e. The van der Waals surface area contributed by atoms with E-state index in [-0.39, 0.29) is 36.8 Å². The first-order valence-corrected chi connectivity index (χ1v) is 5.85. The molecule has 0 aromatic carbocycles. The summed E-state index contributed by atoms with van der Waals surface area (Å²) in [4.78, 5) is 18.8. The summed E-state index contributed by atoms with van der Waals surface area (Å²) in [6.45, 7) is 1.60. The summed E-state index contributed by atoms with van der Waals surface area (Å²) in [5.41, 5.74) is 0. The summed E-state index contributed by atoms with van der Waals surface area (Å²) >= 11 is 0. The van der Waals surface area contributed by atoms with Gasteiger partial charge in [-0.25, -0.2) is 4.98 Å². The van der Waals surface area contributed by atoms with Crippen molar-refractivity contribution in [1.82, 2.24) is 20.6 Å². The van der Waals surface area contributed by atoms with Gasteiger partial charge in [0.1, 0.15) is 5.82 Å². The number of carbonyl (C=O) groups excluding carboxylic acids is 1. The first-order chi connectivity index (χ1) is 7.86. The maximum atomic E-state index is 11.7. The van der Waals surface area contributed by atoms with Crippen molar-refractivity contribution in [1.29, 1.82) is 0 Å². The highest BCUT2D eigenvalue weighted by atomic mass is 35.5. The first kappa shape index (κ1) is 17.2. The standard InChI is InChI=1S/C11H18N4O.2ClH/c16-11(9-3-1-2-5-12-9)15-6-4-10-13-7-8-14-10;;/h7-9,12H,1-6H2,(H,13,14)(H,15,16);2*1H/t9-;;/m0../s1. The molecule has 0 radical (unpaired) electrons. The number of H-pyrrole nitrogens is 1. The Kier molecular flexibility index (Phi) is 8.79. The molecule has 0 aliphatic carbocycles. The van der Waals surface area contributed by atoms with Gasteiger partial charge < -0.3 is 15.6 Å². The number of nitrogens with zero attached hydrogens (tertiary/aromatic N) is 1. The van der Waals surface area contributed by atoms with Crippen LogP contribution < -0.4 is 10.6 Å².